The van der Waals surface area contributed by atoms with Crippen LogP contribution in [0.25, 0.3) is 0 Å². The molecule has 1 N–H and O–H groups in total. The number of carbonyl (C=O) groups excluding carboxylic acids is 2. The fraction of sp³-hybridized carbons (Fsp3) is 0.227. The van der Waals surface area contributed by atoms with Crippen molar-refractivity contribution in [3.05, 3.63) is 77.6 Å². The van der Waals surface area contributed by atoms with Crippen molar-refractivity contribution in [1.82, 2.24) is 9.78 Å². The van der Waals surface area contributed by atoms with Gasteiger partial charge in [-0.1, -0.05) is 12.1 Å². The van der Waals surface area contributed by atoms with Crippen molar-refractivity contribution >= 4 is 23.2 Å². The van der Waals surface area contributed by atoms with Gasteiger partial charge in [0, 0.05) is 42.3 Å². The Hall–Kier alpha value is -3.41. The predicted molar refractivity (Wildman–Crippen MR) is 108 cm³/mol. The molecule has 2 heterocycles. The first-order chi connectivity index (χ1) is 13.5. The lowest BCUT2D eigenvalue weighted by atomic mass is 10.1. The van der Waals surface area contributed by atoms with Gasteiger partial charge in [0.2, 0.25) is 5.91 Å². The highest BCUT2D eigenvalue weighted by molar-refractivity contribution is 6.04. The maximum atomic E-state index is 12.6. The van der Waals surface area contributed by atoms with Gasteiger partial charge in [-0.05, 0) is 60.9 Å². The van der Waals surface area contributed by atoms with E-state index in [9.17, 15) is 9.59 Å². The summed E-state index contributed by atoms with van der Waals surface area (Å²) in [5, 5.41) is 7.14. The van der Waals surface area contributed by atoms with Crippen LogP contribution < -0.4 is 10.2 Å². The molecule has 3 aromatic rings. The Kier molecular flexibility index (Phi) is 4.69. The van der Waals surface area contributed by atoms with Crippen molar-refractivity contribution in [1.29, 1.82) is 0 Å². The van der Waals surface area contributed by atoms with E-state index in [4.69, 9.17) is 0 Å². The zero-order valence-corrected chi connectivity index (χ0v) is 15.9. The minimum atomic E-state index is -0.153. The molecule has 142 valence electrons. The maximum absolute atomic E-state index is 12.6. The Morgan fingerprint density at radius 2 is 1.96 bits per heavy atom. The second-order valence-corrected chi connectivity index (χ2v) is 7.14. The summed E-state index contributed by atoms with van der Waals surface area (Å²) < 4.78 is 1.84. The van der Waals surface area contributed by atoms with E-state index in [1.165, 1.54) is 0 Å². The molecule has 2 amide bonds. The number of hydrogen-bond donors (Lipinski definition) is 1. The van der Waals surface area contributed by atoms with E-state index in [-0.39, 0.29) is 17.9 Å². The lowest BCUT2D eigenvalue weighted by molar-refractivity contribution is -0.116. The third-order valence-corrected chi connectivity index (χ3v) is 5.01. The molecule has 1 aromatic heterocycles. The Morgan fingerprint density at radius 3 is 2.64 bits per heavy atom. The minimum Gasteiger partial charge on any atom is -0.322 e. The number of carbonyl (C=O) groups is 2. The third kappa shape index (κ3) is 3.53. The molecule has 0 radical (unpaired) electrons. The molecule has 0 unspecified atom stereocenters. The molecule has 0 aliphatic carbocycles. The lowest BCUT2D eigenvalue weighted by Gasteiger charge is -2.20. The number of benzene rings is 2. The molecule has 0 saturated carbocycles. The molecule has 1 aliphatic heterocycles. The molecule has 0 fully saturated rings. The molecule has 6 nitrogen and oxygen atoms in total. The monoisotopic (exact) mass is 374 g/mol. The van der Waals surface area contributed by atoms with Crippen molar-refractivity contribution in [3.63, 3.8) is 0 Å². The average molecular weight is 374 g/mol. The van der Waals surface area contributed by atoms with Gasteiger partial charge in [-0.25, -0.2) is 0 Å². The first-order valence-corrected chi connectivity index (χ1v) is 9.32. The number of nitrogens with zero attached hydrogens (tertiary/aromatic N) is 3. The van der Waals surface area contributed by atoms with Crippen LogP contribution in [0.4, 0.5) is 11.4 Å². The molecular weight excluding hydrogens is 352 g/mol. The predicted octanol–water partition coefficient (Wildman–Crippen LogP) is 3.48. The Balaban J connectivity index is 1.45. The maximum Gasteiger partial charge on any atom is 0.255 e. The van der Waals surface area contributed by atoms with E-state index in [2.05, 4.69) is 10.4 Å². The fourth-order valence-electron chi connectivity index (χ4n) is 3.73. The summed E-state index contributed by atoms with van der Waals surface area (Å²) in [6.45, 7) is 4.28. The fourth-order valence-corrected chi connectivity index (χ4v) is 3.73. The second kappa shape index (κ2) is 7.31. The summed E-state index contributed by atoms with van der Waals surface area (Å²) in [5.74, 6) is -0.113. The molecule has 0 saturated heterocycles. The number of fused-ring (bicyclic) bond motifs is 1. The Labute approximate surface area is 163 Å². The summed E-state index contributed by atoms with van der Waals surface area (Å²) >= 11 is 0. The van der Waals surface area contributed by atoms with E-state index in [0.29, 0.717) is 12.1 Å². The largest absolute Gasteiger partial charge is 0.322 e. The average Bonchev–Trinajstić information content (AvgIpc) is 3.28. The highest BCUT2D eigenvalue weighted by Crippen LogP contribution is 2.34. The van der Waals surface area contributed by atoms with Crippen molar-refractivity contribution in [2.45, 2.75) is 32.9 Å². The molecule has 4 rings (SSSR count). The van der Waals surface area contributed by atoms with Gasteiger partial charge in [0.15, 0.2) is 0 Å². The number of aromatic nitrogens is 2. The third-order valence-electron chi connectivity index (χ3n) is 5.01. The number of nitrogens with one attached hydrogen (secondary N) is 1. The zero-order chi connectivity index (χ0) is 19.7. The van der Waals surface area contributed by atoms with Gasteiger partial charge >= 0.3 is 0 Å². The minimum absolute atomic E-state index is 0.0400. The topological polar surface area (TPSA) is 67.2 Å². The highest BCUT2D eigenvalue weighted by atomic mass is 16.2. The molecule has 2 aromatic carbocycles. The molecule has 1 atom stereocenters. The van der Waals surface area contributed by atoms with Gasteiger partial charge in [-0.3, -0.25) is 14.3 Å². The molecule has 1 aliphatic rings. The van der Waals surface area contributed by atoms with Crippen LogP contribution in [0.15, 0.2) is 60.9 Å². The SMILES string of the molecule is CC(=O)N1c2ccc(NC(=O)c3ccc(Cn4cccn4)cc3)cc2C[C@@H]1C. The van der Waals surface area contributed by atoms with Gasteiger partial charge in [0.25, 0.3) is 5.91 Å². The van der Waals surface area contributed by atoms with Crippen LogP contribution in [0, 0.1) is 0 Å². The van der Waals surface area contributed by atoms with Crippen molar-refractivity contribution in [2.24, 2.45) is 0 Å². The van der Waals surface area contributed by atoms with Crippen molar-refractivity contribution in [2.75, 3.05) is 10.2 Å². The van der Waals surface area contributed by atoms with E-state index >= 15 is 0 Å². The van der Waals surface area contributed by atoms with E-state index in [1.54, 1.807) is 18.0 Å². The van der Waals surface area contributed by atoms with Gasteiger partial charge in [0.05, 0.1) is 6.54 Å². The summed E-state index contributed by atoms with van der Waals surface area (Å²) in [4.78, 5) is 26.2. The van der Waals surface area contributed by atoms with E-state index in [0.717, 1.165) is 28.9 Å². The van der Waals surface area contributed by atoms with E-state index < -0.39 is 0 Å². The van der Waals surface area contributed by atoms with Crippen LogP contribution in [0.3, 0.4) is 0 Å². The zero-order valence-electron chi connectivity index (χ0n) is 15.9. The lowest BCUT2D eigenvalue weighted by Crippen LogP contribution is -2.33. The van der Waals surface area contributed by atoms with Gasteiger partial charge in [0.1, 0.15) is 0 Å². The normalized spacial score (nSPS) is 15.4. The van der Waals surface area contributed by atoms with Crippen LogP contribution >= 0.6 is 0 Å². The first-order valence-electron chi connectivity index (χ1n) is 9.32. The summed E-state index contributed by atoms with van der Waals surface area (Å²) in [5.41, 5.74) is 4.43. The molecule has 28 heavy (non-hydrogen) atoms. The number of amides is 2. The molecule has 0 bridgehead atoms. The number of anilines is 2. The summed E-state index contributed by atoms with van der Waals surface area (Å²) in [6.07, 6.45) is 4.44. The smallest absolute Gasteiger partial charge is 0.255 e. The van der Waals surface area contributed by atoms with Gasteiger partial charge in [-0.15, -0.1) is 0 Å². The summed E-state index contributed by atoms with van der Waals surface area (Å²) in [7, 11) is 0. The Bertz CT molecular complexity index is 1010. The quantitative estimate of drug-likeness (QED) is 0.760. The number of hydrogen-bond acceptors (Lipinski definition) is 3. The number of rotatable bonds is 4. The standard InChI is InChI=1S/C22H22N4O2/c1-15-12-19-13-20(8-9-21(19)26(15)16(2)27)24-22(28)18-6-4-17(5-7-18)14-25-11-3-10-23-25/h3-11,13,15H,12,14H2,1-2H3,(H,24,28)/t15-/m0/s1. The second-order valence-electron chi connectivity index (χ2n) is 7.14. The molecule has 6 heteroatoms. The van der Waals surface area contributed by atoms with Gasteiger partial charge < -0.3 is 10.2 Å². The van der Waals surface area contributed by atoms with Crippen LogP contribution in [-0.2, 0) is 17.8 Å². The van der Waals surface area contributed by atoms with Crippen molar-refractivity contribution < 1.29 is 9.59 Å². The molecule has 0 spiro atoms. The van der Waals surface area contributed by atoms with Crippen LogP contribution in [-0.4, -0.2) is 27.6 Å². The highest BCUT2D eigenvalue weighted by Gasteiger charge is 2.28. The molecular formula is C22H22N4O2. The van der Waals surface area contributed by atoms with Crippen LogP contribution in [0.2, 0.25) is 0 Å². The van der Waals surface area contributed by atoms with E-state index in [1.807, 2.05) is 66.3 Å². The summed E-state index contributed by atoms with van der Waals surface area (Å²) in [6, 6.07) is 15.2. The van der Waals surface area contributed by atoms with Crippen LogP contribution in [0.1, 0.15) is 35.3 Å². The van der Waals surface area contributed by atoms with Crippen LogP contribution in [0.5, 0.6) is 0 Å². The van der Waals surface area contributed by atoms with Crippen molar-refractivity contribution in [3.8, 4) is 0 Å². The Morgan fingerprint density at radius 1 is 1.18 bits per heavy atom. The van der Waals surface area contributed by atoms with Gasteiger partial charge in [-0.2, -0.15) is 5.10 Å². The first kappa shape index (κ1) is 18.0.